The number of hydrogen-bond donors (Lipinski definition) is 4. The number of aryl methyl sites for hydroxylation is 1. The molecule has 0 aliphatic heterocycles. The Kier molecular flexibility index (Phi) is 3.81. The lowest BCUT2D eigenvalue weighted by Crippen LogP contribution is -2.13. The molecule has 0 bridgehead atoms. The Morgan fingerprint density at radius 1 is 0.704 bits per heavy atom. The molecule has 5 heteroatoms. The van der Waals surface area contributed by atoms with Crippen LogP contribution < -0.4 is 0 Å². The summed E-state index contributed by atoms with van der Waals surface area (Å²) < 4.78 is 0. The Bertz CT molecular complexity index is 1030. The summed E-state index contributed by atoms with van der Waals surface area (Å²) in [5, 5.41) is 40.2. The first-order valence-electron chi connectivity index (χ1n) is 8.54. The molecule has 1 aliphatic carbocycles. The molecule has 0 spiro atoms. The molecule has 0 fully saturated rings. The van der Waals surface area contributed by atoms with E-state index in [-0.39, 0.29) is 34.3 Å². The minimum absolute atomic E-state index is 0.133. The number of hydrogen-bond acceptors (Lipinski definition) is 5. The van der Waals surface area contributed by atoms with Crippen LogP contribution in [-0.2, 0) is 0 Å². The van der Waals surface area contributed by atoms with Crippen molar-refractivity contribution in [3.05, 3.63) is 82.4 Å². The summed E-state index contributed by atoms with van der Waals surface area (Å²) >= 11 is 0. The smallest absolute Gasteiger partial charge is 0.171 e. The second-order valence-corrected chi connectivity index (χ2v) is 6.94. The molecule has 0 heterocycles. The van der Waals surface area contributed by atoms with E-state index in [1.54, 1.807) is 0 Å². The zero-order valence-electron chi connectivity index (χ0n) is 14.5. The quantitative estimate of drug-likeness (QED) is 0.554. The summed E-state index contributed by atoms with van der Waals surface area (Å²) in [6.45, 7) is 1.95. The van der Waals surface area contributed by atoms with Crippen molar-refractivity contribution in [3.8, 4) is 23.0 Å². The van der Waals surface area contributed by atoms with Crippen LogP contribution in [0.3, 0.4) is 0 Å². The van der Waals surface area contributed by atoms with Crippen molar-refractivity contribution in [2.45, 2.75) is 18.8 Å². The lowest BCUT2D eigenvalue weighted by atomic mass is 9.81. The Balaban J connectivity index is 1.98. The number of Topliss-reactive ketones (excluding diaryl/α,β-unsaturated/α-hetero) is 1. The van der Waals surface area contributed by atoms with Gasteiger partial charge in [0, 0.05) is 29.2 Å². The van der Waals surface area contributed by atoms with Gasteiger partial charge in [-0.3, -0.25) is 4.79 Å². The van der Waals surface area contributed by atoms with Gasteiger partial charge in [0.1, 0.15) is 23.0 Å². The summed E-state index contributed by atoms with van der Waals surface area (Å²) in [4.78, 5) is 13.2. The maximum atomic E-state index is 13.2. The van der Waals surface area contributed by atoms with Crippen LogP contribution in [0, 0.1) is 6.92 Å². The monoisotopic (exact) mass is 362 g/mol. The number of ketones is 1. The highest BCUT2D eigenvalue weighted by Crippen LogP contribution is 2.52. The van der Waals surface area contributed by atoms with Crippen molar-refractivity contribution in [2.75, 3.05) is 0 Å². The van der Waals surface area contributed by atoms with Gasteiger partial charge in [0.05, 0.1) is 5.92 Å². The number of phenolic OH excluding ortho intramolecular Hbond substituents is 4. The molecule has 136 valence electrons. The Labute approximate surface area is 155 Å². The van der Waals surface area contributed by atoms with Crippen molar-refractivity contribution in [2.24, 2.45) is 0 Å². The molecule has 4 N–H and O–H groups in total. The highest BCUT2D eigenvalue weighted by Gasteiger charge is 2.43. The predicted octanol–water partition coefficient (Wildman–Crippen LogP) is 3.93. The number of benzene rings is 3. The molecule has 1 aliphatic rings. The molecule has 0 saturated heterocycles. The van der Waals surface area contributed by atoms with Crippen LogP contribution in [0.2, 0.25) is 0 Å². The van der Waals surface area contributed by atoms with E-state index >= 15 is 0 Å². The van der Waals surface area contributed by atoms with Gasteiger partial charge in [0.2, 0.25) is 0 Å². The van der Waals surface area contributed by atoms with Crippen molar-refractivity contribution < 1.29 is 25.2 Å². The van der Waals surface area contributed by atoms with Gasteiger partial charge in [-0.25, -0.2) is 0 Å². The first-order valence-corrected chi connectivity index (χ1v) is 8.54. The van der Waals surface area contributed by atoms with Gasteiger partial charge >= 0.3 is 0 Å². The number of phenols is 4. The highest BCUT2D eigenvalue weighted by atomic mass is 16.3. The molecule has 0 saturated carbocycles. The van der Waals surface area contributed by atoms with Crippen LogP contribution in [-0.4, -0.2) is 26.2 Å². The van der Waals surface area contributed by atoms with Crippen LogP contribution in [0.15, 0.2) is 54.6 Å². The minimum Gasteiger partial charge on any atom is -0.508 e. The van der Waals surface area contributed by atoms with Crippen LogP contribution in [0.5, 0.6) is 23.0 Å². The van der Waals surface area contributed by atoms with E-state index in [0.717, 1.165) is 11.1 Å². The molecule has 3 aromatic rings. The van der Waals surface area contributed by atoms with Gasteiger partial charge in [0.25, 0.3) is 0 Å². The van der Waals surface area contributed by atoms with E-state index in [1.807, 2.05) is 31.2 Å². The fourth-order valence-corrected chi connectivity index (χ4v) is 3.91. The third-order valence-electron chi connectivity index (χ3n) is 5.06. The zero-order chi connectivity index (χ0) is 19.3. The summed E-state index contributed by atoms with van der Waals surface area (Å²) in [7, 11) is 0. The standard InChI is InChI=1S/C22H18O5/c1-11-2-4-12(5-3-11)20-19(13-6-14(23)8-15(24)7-13)21-17(22(20)27)9-16(25)10-18(21)26/h2-10,19-20,23-26H,1H3/t19-,20-/m1/s1. The SMILES string of the molecule is Cc1ccc([C@H]2C(=O)c3cc(O)cc(O)c3[C@@H]2c2cc(O)cc(O)c2)cc1. The second-order valence-electron chi connectivity index (χ2n) is 6.94. The largest absolute Gasteiger partial charge is 0.508 e. The zero-order valence-corrected chi connectivity index (χ0v) is 14.5. The van der Waals surface area contributed by atoms with E-state index in [1.165, 1.54) is 30.3 Å². The van der Waals surface area contributed by atoms with Crippen LogP contribution in [0.1, 0.15) is 44.4 Å². The van der Waals surface area contributed by atoms with Gasteiger partial charge in [0.15, 0.2) is 5.78 Å². The number of fused-ring (bicyclic) bond motifs is 1. The van der Waals surface area contributed by atoms with Crippen LogP contribution >= 0.6 is 0 Å². The van der Waals surface area contributed by atoms with Gasteiger partial charge < -0.3 is 20.4 Å². The van der Waals surface area contributed by atoms with E-state index in [2.05, 4.69) is 0 Å². The topological polar surface area (TPSA) is 98.0 Å². The van der Waals surface area contributed by atoms with Crippen molar-refractivity contribution >= 4 is 5.78 Å². The average Bonchev–Trinajstić information content (AvgIpc) is 2.88. The van der Waals surface area contributed by atoms with Gasteiger partial charge in [-0.05, 0) is 36.2 Å². The predicted molar refractivity (Wildman–Crippen MR) is 99.6 cm³/mol. The molecule has 4 rings (SSSR count). The lowest BCUT2D eigenvalue weighted by molar-refractivity contribution is 0.0967. The highest BCUT2D eigenvalue weighted by molar-refractivity contribution is 6.08. The number of rotatable bonds is 2. The minimum atomic E-state index is -0.644. The molecular formula is C22H18O5. The van der Waals surface area contributed by atoms with Gasteiger partial charge in [-0.15, -0.1) is 0 Å². The molecule has 3 aromatic carbocycles. The third-order valence-corrected chi connectivity index (χ3v) is 5.06. The number of aromatic hydroxyl groups is 4. The summed E-state index contributed by atoms with van der Waals surface area (Å²) in [5.41, 5.74) is 2.94. The molecule has 0 aromatic heterocycles. The maximum Gasteiger partial charge on any atom is 0.171 e. The first kappa shape index (κ1) is 17.0. The fraction of sp³-hybridized carbons (Fsp3) is 0.136. The normalized spacial score (nSPS) is 18.5. The second kappa shape index (κ2) is 6.06. The lowest BCUT2D eigenvalue weighted by Gasteiger charge is -2.21. The molecule has 0 unspecified atom stereocenters. The molecule has 0 radical (unpaired) electrons. The maximum absolute atomic E-state index is 13.2. The van der Waals surface area contributed by atoms with Gasteiger partial charge in [-0.1, -0.05) is 29.8 Å². The van der Waals surface area contributed by atoms with E-state index in [9.17, 15) is 25.2 Å². The van der Waals surface area contributed by atoms with Crippen molar-refractivity contribution in [3.63, 3.8) is 0 Å². The Morgan fingerprint density at radius 2 is 1.30 bits per heavy atom. The summed E-state index contributed by atoms with van der Waals surface area (Å²) in [6.07, 6.45) is 0. The first-order chi connectivity index (χ1) is 12.8. The molecule has 27 heavy (non-hydrogen) atoms. The number of carbonyl (C=O) groups is 1. The van der Waals surface area contributed by atoms with E-state index < -0.39 is 11.8 Å². The van der Waals surface area contributed by atoms with Gasteiger partial charge in [-0.2, -0.15) is 0 Å². The van der Waals surface area contributed by atoms with Crippen LogP contribution in [0.4, 0.5) is 0 Å². The molecule has 2 atom stereocenters. The fourth-order valence-electron chi connectivity index (χ4n) is 3.91. The number of carbonyl (C=O) groups excluding carboxylic acids is 1. The van der Waals surface area contributed by atoms with E-state index in [0.29, 0.717) is 11.1 Å². The Hall–Kier alpha value is -3.47. The van der Waals surface area contributed by atoms with Crippen molar-refractivity contribution in [1.29, 1.82) is 0 Å². The van der Waals surface area contributed by atoms with Crippen LogP contribution in [0.25, 0.3) is 0 Å². The Morgan fingerprint density at radius 3 is 1.93 bits per heavy atom. The molecule has 0 amide bonds. The molecule has 5 nitrogen and oxygen atoms in total. The average molecular weight is 362 g/mol. The summed E-state index contributed by atoms with van der Waals surface area (Å²) in [5.74, 6) is -2.13. The van der Waals surface area contributed by atoms with E-state index in [4.69, 9.17) is 0 Å². The third kappa shape index (κ3) is 2.77. The summed E-state index contributed by atoms with van der Waals surface area (Å²) in [6, 6.07) is 14.2. The van der Waals surface area contributed by atoms with Crippen molar-refractivity contribution in [1.82, 2.24) is 0 Å². The molecular weight excluding hydrogens is 344 g/mol.